The van der Waals surface area contributed by atoms with Gasteiger partial charge in [0.15, 0.2) is 5.65 Å². The molecule has 3 N–H and O–H groups in total. The highest BCUT2D eigenvalue weighted by Crippen LogP contribution is 2.37. The summed E-state index contributed by atoms with van der Waals surface area (Å²) in [4.78, 5) is 48.4. The van der Waals surface area contributed by atoms with Gasteiger partial charge in [-0.15, -0.1) is 0 Å². The van der Waals surface area contributed by atoms with E-state index in [1.54, 1.807) is 16.8 Å². The van der Waals surface area contributed by atoms with E-state index in [4.69, 9.17) is 4.98 Å². The van der Waals surface area contributed by atoms with Crippen LogP contribution in [0, 0.1) is 11.6 Å². The first-order valence-corrected chi connectivity index (χ1v) is 20.3. The lowest BCUT2D eigenvalue weighted by Gasteiger charge is -2.34. The van der Waals surface area contributed by atoms with E-state index in [0.717, 1.165) is 83.1 Å². The van der Waals surface area contributed by atoms with Crippen LogP contribution >= 0.6 is 0 Å². The van der Waals surface area contributed by atoms with Crippen molar-refractivity contribution in [3.63, 3.8) is 0 Å². The summed E-state index contributed by atoms with van der Waals surface area (Å²) in [5, 5.41) is 13.0. The molecule has 3 amide bonds. The maximum absolute atomic E-state index is 14.6. The second-order valence-corrected chi connectivity index (χ2v) is 15.3. The highest BCUT2D eigenvalue weighted by molar-refractivity contribution is 6.01. The molecule has 12 nitrogen and oxygen atoms in total. The number of aromatic nitrogens is 3. The summed E-state index contributed by atoms with van der Waals surface area (Å²) in [6.07, 6.45) is 13.4. The molecule has 56 heavy (non-hydrogen) atoms. The molecule has 3 fully saturated rings. The molecule has 0 aliphatic carbocycles. The minimum absolute atomic E-state index is 0.204. The number of carbonyl (C=O) groups excluding carboxylic acids is 3. The predicted octanol–water partition coefficient (Wildman–Crippen LogP) is 5.50. The Balaban J connectivity index is 0.740. The Morgan fingerprint density at radius 2 is 1.61 bits per heavy atom. The van der Waals surface area contributed by atoms with Gasteiger partial charge in [0.2, 0.25) is 11.8 Å². The van der Waals surface area contributed by atoms with Crippen LogP contribution in [0.25, 0.3) is 5.65 Å². The van der Waals surface area contributed by atoms with Gasteiger partial charge in [0.1, 0.15) is 29.1 Å². The molecule has 7 rings (SSSR count). The average Bonchev–Trinajstić information content (AvgIpc) is 3.87. The Labute approximate surface area is 327 Å². The first-order chi connectivity index (χ1) is 27.3. The Bertz CT molecular complexity index is 1960. The molecule has 5 heterocycles. The first-order valence-electron chi connectivity index (χ1n) is 20.3. The zero-order valence-corrected chi connectivity index (χ0v) is 32.0. The zero-order chi connectivity index (χ0) is 38.9. The first kappa shape index (κ1) is 39.3. The lowest BCUT2D eigenvalue weighted by atomic mass is 10.0. The normalized spacial score (nSPS) is 19.4. The van der Waals surface area contributed by atoms with Crippen molar-refractivity contribution < 1.29 is 23.2 Å². The smallest absolute Gasteiger partial charge is 0.256 e. The number of piperidine rings is 1. The van der Waals surface area contributed by atoms with Crippen molar-refractivity contribution in [1.82, 2.24) is 35.0 Å². The minimum atomic E-state index is -0.467. The number of hydrogen-bond donors (Lipinski definition) is 3. The predicted molar refractivity (Wildman–Crippen MR) is 212 cm³/mol. The van der Waals surface area contributed by atoms with Crippen molar-refractivity contribution in [2.24, 2.45) is 0 Å². The number of nitrogens with one attached hydrogen (secondary N) is 3. The fraction of sp³-hybridized carbons (Fsp3) is 0.500. The van der Waals surface area contributed by atoms with E-state index < -0.39 is 11.6 Å². The van der Waals surface area contributed by atoms with E-state index in [1.165, 1.54) is 43.2 Å². The molecule has 298 valence electrons. The van der Waals surface area contributed by atoms with Crippen LogP contribution in [-0.4, -0.2) is 101 Å². The molecule has 3 aliphatic heterocycles. The fourth-order valence-corrected chi connectivity index (χ4v) is 8.10. The molecule has 3 saturated heterocycles. The Morgan fingerprint density at radius 3 is 2.39 bits per heavy atom. The van der Waals surface area contributed by atoms with E-state index in [2.05, 4.69) is 43.0 Å². The molecular weight excluding hydrogens is 717 g/mol. The maximum atomic E-state index is 14.6. The van der Waals surface area contributed by atoms with E-state index >= 15 is 0 Å². The van der Waals surface area contributed by atoms with Gasteiger partial charge >= 0.3 is 0 Å². The number of anilines is 2. The van der Waals surface area contributed by atoms with Crippen LogP contribution < -0.4 is 20.9 Å². The number of halogens is 2. The molecular formula is C42H53F2N9O3. The van der Waals surface area contributed by atoms with E-state index in [9.17, 15) is 23.2 Å². The van der Waals surface area contributed by atoms with Crippen LogP contribution in [0.2, 0.25) is 0 Å². The van der Waals surface area contributed by atoms with Gasteiger partial charge in [-0.25, -0.2) is 18.3 Å². The lowest BCUT2D eigenvalue weighted by molar-refractivity contribution is -0.133. The van der Waals surface area contributed by atoms with Gasteiger partial charge in [-0.05, 0) is 87.0 Å². The van der Waals surface area contributed by atoms with Crippen molar-refractivity contribution in [3.05, 3.63) is 89.2 Å². The summed E-state index contributed by atoms with van der Waals surface area (Å²) in [5.74, 6) is -0.961. The van der Waals surface area contributed by atoms with Gasteiger partial charge in [-0.1, -0.05) is 37.8 Å². The van der Waals surface area contributed by atoms with Gasteiger partial charge < -0.3 is 25.3 Å². The molecule has 0 bridgehead atoms. The molecule has 0 radical (unpaired) electrons. The minimum Gasteiger partial charge on any atom is -0.374 e. The van der Waals surface area contributed by atoms with Gasteiger partial charge in [-0.3, -0.25) is 19.7 Å². The number of carbonyl (C=O) groups is 3. The molecule has 2 aromatic heterocycles. The number of fused-ring (bicyclic) bond motifs is 1. The Kier molecular flexibility index (Phi) is 13.2. The third kappa shape index (κ3) is 10.1. The van der Waals surface area contributed by atoms with Crippen LogP contribution in [0.15, 0.2) is 60.9 Å². The summed E-state index contributed by atoms with van der Waals surface area (Å²) >= 11 is 0. The van der Waals surface area contributed by atoms with Crippen LogP contribution in [-0.2, 0) is 16.0 Å². The van der Waals surface area contributed by atoms with Crippen molar-refractivity contribution in [1.29, 1.82) is 0 Å². The number of benzene rings is 2. The van der Waals surface area contributed by atoms with Gasteiger partial charge in [0.05, 0.1) is 12.2 Å². The molecule has 14 heteroatoms. The maximum Gasteiger partial charge on any atom is 0.256 e. The van der Waals surface area contributed by atoms with Crippen LogP contribution in [0.4, 0.5) is 20.3 Å². The van der Waals surface area contributed by atoms with Crippen molar-refractivity contribution >= 4 is 34.9 Å². The van der Waals surface area contributed by atoms with Crippen molar-refractivity contribution in [3.8, 4) is 0 Å². The molecule has 2 aromatic carbocycles. The number of nitrogens with zero attached hydrogens (tertiary/aromatic N) is 6. The molecule has 3 aliphatic rings. The second-order valence-electron chi connectivity index (χ2n) is 15.3. The lowest BCUT2D eigenvalue weighted by Crippen LogP contribution is -2.47. The van der Waals surface area contributed by atoms with Gasteiger partial charge in [0, 0.05) is 69.7 Å². The quantitative estimate of drug-likeness (QED) is 0.0944. The van der Waals surface area contributed by atoms with Crippen molar-refractivity contribution in [2.75, 3.05) is 62.6 Å². The second kappa shape index (κ2) is 18.8. The average molecular weight is 770 g/mol. The number of piperazine rings is 1. The largest absolute Gasteiger partial charge is 0.374 e. The molecule has 0 spiro atoms. The van der Waals surface area contributed by atoms with Gasteiger partial charge in [-0.2, -0.15) is 5.10 Å². The Hall–Kier alpha value is -4.95. The fourth-order valence-electron chi connectivity index (χ4n) is 8.10. The van der Waals surface area contributed by atoms with Crippen LogP contribution in [0.3, 0.4) is 0 Å². The number of amides is 3. The number of unbranched alkanes of at least 4 members (excludes halogenated alkanes) is 5. The zero-order valence-electron chi connectivity index (χ0n) is 32.0. The number of hydrogen-bond acceptors (Lipinski definition) is 9. The molecule has 0 saturated carbocycles. The highest BCUT2D eigenvalue weighted by Gasteiger charge is 2.30. The summed E-state index contributed by atoms with van der Waals surface area (Å²) < 4.78 is 30.2. The summed E-state index contributed by atoms with van der Waals surface area (Å²) in [5.41, 5.74) is 3.33. The summed E-state index contributed by atoms with van der Waals surface area (Å²) in [6, 6.07) is 12.9. The van der Waals surface area contributed by atoms with Crippen LogP contribution in [0.1, 0.15) is 91.7 Å². The Morgan fingerprint density at radius 1 is 0.857 bits per heavy atom. The third-order valence-corrected chi connectivity index (χ3v) is 11.4. The molecule has 4 aromatic rings. The van der Waals surface area contributed by atoms with Gasteiger partial charge in [0.25, 0.3) is 5.91 Å². The SMILES string of the molecule is O=C1CCC(Nc2ccc(CCN3CCN(CCCCCCCCNC(=O)c4cnn5ccc(N6CCCC6c6cc(F)ccc6F)nc45)CC3)cc2)C(=O)N1. The number of rotatable bonds is 17. The standard InChI is InChI=1S/C42H53F2N9O3/c43-31-11-14-35(44)33(28-31)37-8-7-21-52(37)38-18-23-53-40(48-38)34(29-46-53)41(55)45-19-5-3-1-2-4-6-20-50-24-26-51(27-25-50)22-17-30-9-12-32(13-10-30)47-36-15-16-39(54)49-42(36)56/h9-14,18,23,28-29,36-37,47H,1-8,15-17,19-22,24-27H2,(H,45,55)(H,49,54,56). The summed E-state index contributed by atoms with van der Waals surface area (Å²) in [7, 11) is 0. The van der Waals surface area contributed by atoms with Crippen LogP contribution in [0.5, 0.6) is 0 Å². The summed E-state index contributed by atoms with van der Waals surface area (Å²) in [6.45, 7) is 7.80. The van der Waals surface area contributed by atoms with Crippen molar-refractivity contribution in [2.45, 2.75) is 82.7 Å². The topological polar surface area (TPSA) is 127 Å². The number of imide groups is 1. The monoisotopic (exact) mass is 769 g/mol. The highest BCUT2D eigenvalue weighted by atomic mass is 19.1. The molecule has 2 unspecified atom stereocenters. The van der Waals surface area contributed by atoms with E-state index in [1.807, 2.05) is 17.0 Å². The van der Waals surface area contributed by atoms with E-state index in [0.29, 0.717) is 54.9 Å². The van der Waals surface area contributed by atoms with E-state index in [-0.39, 0.29) is 29.8 Å². The molecule has 2 atom stereocenters. The third-order valence-electron chi connectivity index (χ3n) is 11.4.